The third-order valence-corrected chi connectivity index (χ3v) is 3.19. The molecule has 0 aliphatic carbocycles. The van der Waals surface area contributed by atoms with Gasteiger partial charge in [0.05, 0.1) is 11.7 Å². The van der Waals surface area contributed by atoms with E-state index in [9.17, 15) is 5.11 Å². The third kappa shape index (κ3) is 2.25. The summed E-state index contributed by atoms with van der Waals surface area (Å²) in [6, 6.07) is 11.3. The third-order valence-electron chi connectivity index (χ3n) is 3.19. The second-order valence-electron chi connectivity index (χ2n) is 4.55. The van der Waals surface area contributed by atoms with Crippen LogP contribution in [-0.2, 0) is 6.54 Å². The van der Waals surface area contributed by atoms with Crippen LogP contribution in [0.25, 0.3) is 5.52 Å². The zero-order valence-corrected chi connectivity index (χ0v) is 10.7. The van der Waals surface area contributed by atoms with Crippen molar-refractivity contribution in [3.8, 4) is 5.75 Å². The molecule has 0 aliphatic rings. The van der Waals surface area contributed by atoms with Gasteiger partial charge < -0.3 is 10.4 Å². The van der Waals surface area contributed by atoms with Crippen molar-refractivity contribution in [2.75, 3.05) is 5.32 Å². The van der Waals surface area contributed by atoms with Gasteiger partial charge in [0, 0.05) is 24.0 Å². The van der Waals surface area contributed by atoms with Crippen molar-refractivity contribution in [1.29, 1.82) is 0 Å². The lowest BCUT2D eigenvalue weighted by Crippen LogP contribution is -2.00. The molecular weight excluding hydrogens is 238 g/mol. The summed E-state index contributed by atoms with van der Waals surface area (Å²) < 4.78 is 1.86. The maximum absolute atomic E-state index is 9.39. The SMILES string of the molecule is Cc1cc(O)ccc1NCc1cnn2ccccc12. The van der Waals surface area contributed by atoms with Gasteiger partial charge in [0.2, 0.25) is 0 Å². The molecule has 0 amide bonds. The Morgan fingerprint density at radius 3 is 3.00 bits per heavy atom. The van der Waals surface area contributed by atoms with Crippen molar-refractivity contribution in [3.63, 3.8) is 0 Å². The zero-order chi connectivity index (χ0) is 13.2. The first-order valence-electron chi connectivity index (χ1n) is 6.19. The fourth-order valence-electron chi connectivity index (χ4n) is 2.16. The molecule has 3 aromatic rings. The van der Waals surface area contributed by atoms with E-state index in [1.54, 1.807) is 12.1 Å². The Hall–Kier alpha value is -2.49. The molecule has 3 rings (SSSR count). The molecule has 4 heteroatoms. The van der Waals surface area contributed by atoms with Gasteiger partial charge in [-0.25, -0.2) is 4.52 Å². The summed E-state index contributed by atoms with van der Waals surface area (Å²) in [5.41, 5.74) is 4.30. The lowest BCUT2D eigenvalue weighted by Gasteiger charge is -2.09. The van der Waals surface area contributed by atoms with Gasteiger partial charge in [0.25, 0.3) is 0 Å². The van der Waals surface area contributed by atoms with Crippen LogP contribution in [0.5, 0.6) is 5.75 Å². The van der Waals surface area contributed by atoms with Crippen LogP contribution in [0.15, 0.2) is 48.8 Å². The average molecular weight is 253 g/mol. The van der Waals surface area contributed by atoms with Gasteiger partial charge >= 0.3 is 0 Å². The summed E-state index contributed by atoms with van der Waals surface area (Å²) in [7, 11) is 0. The Morgan fingerprint density at radius 1 is 1.26 bits per heavy atom. The minimum Gasteiger partial charge on any atom is -0.508 e. The second-order valence-corrected chi connectivity index (χ2v) is 4.55. The number of phenols is 1. The van der Waals surface area contributed by atoms with Crippen LogP contribution in [0, 0.1) is 6.92 Å². The van der Waals surface area contributed by atoms with Gasteiger partial charge in [-0.1, -0.05) is 6.07 Å². The first-order valence-corrected chi connectivity index (χ1v) is 6.19. The molecule has 0 spiro atoms. The Balaban J connectivity index is 1.82. The summed E-state index contributed by atoms with van der Waals surface area (Å²) in [5, 5.41) is 17.1. The summed E-state index contributed by atoms with van der Waals surface area (Å²) in [4.78, 5) is 0. The average Bonchev–Trinajstić information content (AvgIpc) is 2.81. The van der Waals surface area contributed by atoms with E-state index >= 15 is 0 Å². The van der Waals surface area contributed by atoms with Crippen molar-refractivity contribution in [2.45, 2.75) is 13.5 Å². The predicted molar refractivity (Wildman–Crippen MR) is 75.4 cm³/mol. The number of aryl methyl sites for hydroxylation is 1. The lowest BCUT2D eigenvalue weighted by molar-refractivity contribution is 0.475. The van der Waals surface area contributed by atoms with Crippen LogP contribution in [0.1, 0.15) is 11.1 Å². The molecule has 4 nitrogen and oxygen atoms in total. The summed E-state index contributed by atoms with van der Waals surface area (Å²) in [5.74, 6) is 0.291. The number of hydrogen-bond donors (Lipinski definition) is 2. The van der Waals surface area contributed by atoms with E-state index in [1.807, 2.05) is 48.1 Å². The van der Waals surface area contributed by atoms with Gasteiger partial charge in [-0.05, 0) is 42.8 Å². The van der Waals surface area contributed by atoms with E-state index in [0.29, 0.717) is 12.3 Å². The number of nitrogens with zero attached hydrogens (tertiary/aromatic N) is 2. The number of benzene rings is 1. The number of nitrogens with one attached hydrogen (secondary N) is 1. The molecular formula is C15H15N3O. The molecule has 19 heavy (non-hydrogen) atoms. The number of aromatic nitrogens is 2. The van der Waals surface area contributed by atoms with Gasteiger partial charge in [-0.3, -0.25) is 0 Å². The number of anilines is 1. The summed E-state index contributed by atoms with van der Waals surface area (Å²) >= 11 is 0. The van der Waals surface area contributed by atoms with Crippen LogP contribution in [-0.4, -0.2) is 14.7 Å². The molecule has 0 saturated heterocycles. The van der Waals surface area contributed by atoms with E-state index in [-0.39, 0.29) is 0 Å². The highest BCUT2D eigenvalue weighted by Crippen LogP contribution is 2.21. The van der Waals surface area contributed by atoms with E-state index in [0.717, 1.165) is 22.3 Å². The van der Waals surface area contributed by atoms with Crippen molar-refractivity contribution in [2.24, 2.45) is 0 Å². The fourth-order valence-corrected chi connectivity index (χ4v) is 2.16. The van der Waals surface area contributed by atoms with E-state index in [1.165, 1.54) is 0 Å². The minimum absolute atomic E-state index is 0.291. The molecule has 0 saturated carbocycles. The molecule has 1 aromatic carbocycles. The predicted octanol–water partition coefficient (Wildman–Crippen LogP) is 2.96. The Kier molecular flexibility index (Phi) is 2.83. The van der Waals surface area contributed by atoms with Crippen LogP contribution in [0.3, 0.4) is 0 Å². The minimum atomic E-state index is 0.291. The Morgan fingerprint density at radius 2 is 2.16 bits per heavy atom. The molecule has 0 radical (unpaired) electrons. The smallest absolute Gasteiger partial charge is 0.115 e. The molecule has 2 aromatic heterocycles. The molecule has 96 valence electrons. The van der Waals surface area contributed by atoms with Crippen LogP contribution in [0.2, 0.25) is 0 Å². The number of phenolic OH excluding ortho intramolecular Hbond substituents is 1. The summed E-state index contributed by atoms with van der Waals surface area (Å²) in [6.45, 7) is 2.68. The normalized spacial score (nSPS) is 10.8. The first-order chi connectivity index (χ1) is 9.24. The molecule has 0 unspecified atom stereocenters. The molecule has 2 N–H and O–H groups in total. The molecule has 0 aliphatic heterocycles. The van der Waals surface area contributed by atoms with Crippen molar-refractivity contribution >= 4 is 11.2 Å². The van der Waals surface area contributed by atoms with Crippen LogP contribution < -0.4 is 5.32 Å². The highest BCUT2D eigenvalue weighted by molar-refractivity contribution is 5.57. The van der Waals surface area contributed by atoms with Gasteiger partial charge in [-0.2, -0.15) is 5.10 Å². The second kappa shape index (κ2) is 4.65. The largest absolute Gasteiger partial charge is 0.508 e. The number of pyridine rings is 1. The number of hydrogen-bond acceptors (Lipinski definition) is 3. The van der Waals surface area contributed by atoms with Gasteiger partial charge in [0.15, 0.2) is 0 Å². The van der Waals surface area contributed by atoms with E-state index in [4.69, 9.17) is 0 Å². The monoisotopic (exact) mass is 253 g/mol. The zero-order valence-electron chi connectivity index (χ0n) is 10.7. The maximum atomic E-state index is 9.39. The number of rotatable bonds is 3. The quantitative estimate of drug-likeness (QED) is 0.705. The Bertz CT molecular complexity index is 718. The topological polar surface area (TPSA) is 49.6 Å². The molecule has 0 atom stereocenters. The number of fused-ring (bicyclic) bond motifs is 1. The van der Waals surface area contributed by atoms with Crippen LogP contribution >= 0.6 is 0 Å². The number of aromatic hydroxyl groups is 1. The molecule has 0 fully saturated rings. The highest BCUT2D eigenvalue weighted by Gasteiger charge is 2.04. The summed E-state index contributed by atoms with van der Waals surface area (Å²) in [6.07, 6.45) is 3.81. The highest BCUT2D eigenvalue weighted by atomic mass is 16.3. The standard InChI is InChI=1S/C15H15N3O/c1-11-8-13(19)5-6-14(11)16-9-12-10-17-18-7-3-2-4-15(12)18/h2-8,10,16,19H,9H2,1H3. The first kappa shape index (κ1) is 11.6. The van der Waals surface area contributed by atoms with Crippen molar-refractivity contribution in [1.82, 2.24) is 9.61 Å². The molecule has 2 heterocycles. The fraction of sp³-hybridized carbons (Fsp3) is 0.133. The molecule has 0 bridgehead atoms. The van der Waals surface area contributed by atoms with Gasteiger partial charge in [0.1, 0.15) is 5.75 Å². The van der Waals surface area contributed by atoms with Crippen molar-refractivity contribution < 1.29 is 5.11 Å². The maximum Gasteiger partial charge on any atom is 0.115 e. The van der Waals surface area contributed by atoms with E-state index in [2.05, 4.69) is 10.4 Å². The Labute approximate surface area is 111 Å². The van der Waals surface area contributed by atoms with Crippen molar-refractivity contribution in [3.05, 3.63) is 59.9 Å². The van der Waals surface area contributed by atoms with Gasteiger partial charge in [-0.15, -0.1) is 0 Å². The van der Waals surface area contributed by atoms with Crippen LogP contribution in [0.4, 0.5) is 5.69 Å². The lowest BCUT2D eigenvalue weighted by atomic mass is 10.2. The van der Waals surface area contributed by atoms with E-state index < -0.39 is 0 Å².